The molecule has 2 aliphatic rings. The molecule has 2 fully saturated rings. The van der Waals surface area contributed by atoms with E-state index in [2.05, 4.69) is 44.5 Å². The van der Waals surface area contributed by atoms with Gasteiger partial charge in [-0.15, -0.1) is 0 Å². The van der Waals surface area contributed by atoms with Crippen molar-refractivity contribution in [3.8, 4) is 0 Å². The molecule has 158 valence electrons. The van der Waals surface area contributed by atoms with Crippen molar-refractivity contribution in [2.24, 2.45) is 11.3 Å². The molecule has 1 heterocycles. The number of likely N-dealkylation sites (N-methyl/N-ethyl adjacent to an activating group) is 2. The number of ether oxygens (including phenoxy) is 2. The summed E-state index contributed by atoms with van der Waals surface area (Å²) in [6.45, 7) is 6.38. The molecule has 8 heteroatoms. The predicted octanol–water partition coefficient (Wildman–Crippen LogP) is 2.68. The minimum absolute atomic E-state index is 0.216. The van der Waals surface area contributed by atoms with Crippen LogP contribution in [0.3, 0.4) is 0 Å². The van der Waals surface area contributed by atoms with E-state index >= 15 is 0 Å². The molecule has 1 aliphatic carbocycles. The quantitative estimate of drug-likeness (QED) is 0.305. The van der Waals surface area contributed by atoms with Gasteiger partial charge in [0.1, 0.15) is 0 Å². The van der Waals surface area contributed by atoms with Crippen molar-refractivity contribution in [1.82, 2.24) is 9.62 Å². The molecular weight excluding hydrogens is 462 g/mol. The molecule has 0 amide bonds. The van der Waals surface area contributed by atoms with Gasteiger partial charge in [-0.05, 0) is 0 Å². The SMILES string of the molecule is CCOC(=O)C1(C(=O)OCC)C/C(=C/B2N(C)CCN2C)C([CH2][Sn]([CH3])([CH3])[CH3])C1. The molecule has 6 nitrogen and oxygen atoms in total. The average molecular weight is 499 g/mol. The van der Waals surface area contributed by atoms with Crippen LogP contribution in [0.25, 0.3) is 0 Å². The Labute approximate surface area is 175 Å². The number of allylic oxidation sites excluding steroid dienone is 1. The van der Waals surface area contributed by atoms with Crippen molar-refractivity contribution in [1.29, 1.82) is 0 Å². The van der Waals surface area contributed by atoms with Gasteiger partial charge in [-0.1, -0.05) is 0 Å². The van der Waals surface area contributed by atoms with Crippen LogP contribution in [0.2, 0.25) is 19.3 Å². The number of hydrogen-bond acceptors (Lipinski definition) is 6. The van der Waals surface area contributed by atoms with E-state index in [0.29, 0.717) is 12.8 Å². The molecule has 1 saturated carbocycles. The second kappa shape index (κ2) is 9.52. The topological polar surface area (TPSA) is 59.1 Å². The van der Waals surface area contributed by atoms with Crippen molar-refractivity contribution < 1.29 is 19.1 Å². The summed E-state index contributed by atoms with van der Waals surface area (Å²) in [6.07, 6.45) is 0.945. The van der Waals surface area contributed by atoms with Gasteiger partial charge < -0.3 is 0 Å². The molecule has 0 N–H and O–H groups in total. The van der Waals surface area contributed by atoms with Crippen molar-refractivity contribution in [3.63, 3.8) is 0 Å². The van der Waals surface area contributed by atoms with Gasteiger partial charge in [-0.2, -0.15) is 0 Å². The van der Waals surface area contributed by atoms with Crippen LogP contribution < -0.4 is 0 Å². The molecule has 28 heavy (non-hydrogen) atoms. The Morgan fingerprint density at radius 3 is 2.04 bits per heavy atom. The summed E-state index contributed by atoms with van der Waals surface area (Å²) in [5, 5.41) is 0. The van der Waals surface area contributed by atoms with Gasteiger partial charge in [-0.25, -0.2) is 0 Å². The number of esters is 2. The van der Waals surface area contributed by atoms with E-state index in [1.165, 1.54) is 5.57 Å². The van der Waals surface area contributed by atoms with E-state index in [9.17, 15) is 9.59 Å². The molecule has 1 unspecified atom stereocenters. The number of nitrogens with zero attached hydrogens (tertiary/aromatic N) is 2. The van der Waals surface area contributed by atoms with Crippen LogP contribution >= 0.6 is 0 Å². The molecule has 1 atom stereocenters. The first-order valence-electron chi connectivity index (χ1n) is 10.5. The molecule has 2 rings (SSSR count). The summed E-state index contributed by atoms with van der Waals surface area (Å²) in [5.74, 6) is 1.72. The Kier molecular flexibility index (Phi) is 8.07. The van der Waals surface area contributed by atoms with E-state index < -0.39 is 35.7 Å². The Balaban J connectivity index is 2.43. The zero-order valence-electron chi connectivity index (χ0n) is 18.7. The zero-order valence-corrected chi connectivity index (χ0v) is 21.6. The average Bonchev–Trinajstić information content (AvgIpc) is 3.10. The normalized spacial score (nSPS) is 24.8. The van der Waals surface area contributed by atoms with Gasteiger partial charge in [0, 0.05) is 0 Å². The van der Waals surface area contributed by atoms with Gasteiger partial charge >= 0.3 is 175 Å². The van der Waals surface area contributed by atoms with Crippen molar-refractivity contribution in [2.45, 2.75) is 45.9 Å². The Bertz CT molecular complexity index is 592. The third-order valence-electron chi connectivity index (χ3n) is 5.89. The van der Waals surface area contributed by atoms with Crippen LogP contribution in [0.1, 0.15) is 26.7 Å². The van der Waals surface area contributed by atoms with Crippen LogP contribution in [-0.2, 0) is 19.1 Å². The molecule has 0 aromatic heterocycles. The fourth-order valence-corrected chi connectivity index (χ4v) is 9.93. The molecule has 0 bridgehead atoms. The molecule has 1 saturated heterocycles. The van der Waals surface area contributed by atoms with Crippen molar-refractivity contribution in [3.05, 3.63) is 11.5 Å². The van der Waals surface area contributed by atoms with Crippen LogP contribution in [-0.4, -0.2) is 87.3 Å². The van der Waals surface area contributed by atoms with Crippen LogP contribution in [0.15, 0.2) is 11.5 Å². The zero-order chi connectivity index (χ0) is 21.1. The van der Waals surface area contributed by atoms with Gasteiger partial charge in [0.05, 0.1) is 0 Å². The van der Waals surface area contributed by atoms with E-state index in [1.54, 1.807) is 13.8 Å². The number of rotatable bonds is 7. The van der Waals surface area contributed by atoms with Crippen LogP contribution in [0, 0.1) is 11.3 Å². The predicted molar refractivity (Wildman–Crippen MR) is 116 cm³/mol. The van der Waals surface area contributed by atoms with Gasteiger partial charge in [0.2, 0.25) is 0 Å². The fourth-order valence-electron chi connectivity index (χ4n) is 4.55. The Morgan fingerprint density at radius 1 is 1.11 bits per heavy atom. The van der Waals surface area contributed by atoms with Gasteiger partial charge in [0.15, 0.2) is 0 Å². The van der Waals surface area contributed by atoms with Gasteiger partial charge in [-0.3, -0.25) is 0 Å². The maximum atomic E-state index is 13.0. The summed E-state index contributed by atoms with van der Waals surface area (Å²) >= 11 is -2.16. The number of hydrogen-bond donors (Lipinski definition) is 0. The first kappa shape index (κ1) is 23.7. The molecular formula is C20H37BN2O4Sn. The first-order chi connectivity index (χ1) is 13.0. The second-order valence-electron chi connectivity index (χ2n) is 9.48. The molecule has 0 aromatic rings. The summed E-state index contributed by atoms with van der Waals surface area (Å²) in [5.41, 5.74) is 0.0494. The van der Waals surface area contributed by atoms with Crippen molar-refractivity contribution in [2.75, 3.05) is 40.4 Å². The van der Waals surface area contributed by atoms with E-state index in [1.807, 2.05) is 0 Å². The summed E-state index contributed by atoms with van der Waals surface area (Å²) in [7, 11) is 4.25. The standard InChI is InChI=1S/C17H28BN2O4.3CH3.Sn/c1-6-23-15(21)17(16(22)24-7-2)10-13(3)14(11-17)12-18-19(4)8-9-20(18)5;;;;/h12-13H,3,6-11H2,1-2,4-5H3;3*1H3;/b14-12-;;;;. The number of carbonyl (C=O) groups is 2. The first-order valence-corrected chi connectivity index (χ1v) is 21.1. The van der Waals surface area contributed by atoms with E-state index in [-0.39, 0.29) is 26.1 Å². The minimum atomic E-state index is -2.16. The van der Waals surface area contributed by atoms with Crippen LogP contribution in [0.5, 0.6) is 0 Å². The Morgan fingerprint density at radius 2 is 1.61 bits per heavy atom. The molecule has 0 spiro atoms. The monoisotopic (exact) mass is 500 g/mol. The summed E-state index contributed by atoms with van der Waals surface area (Å²) in [4.78, 5) is 37.8. The van der Waals surface area contributed by atoms with Gasteiger partial charge in [0.25, 0.3) is 0 Å². The maximum absolute atomic E-state index is 13.0. The second-order valence-corrected chi connectivity index (χ2v) is 25.3. The van der Waals surface area contributed by atoms with E-state index in [4.69, 9.17) is 9.47 Å². The summed E-state index contributed by atoms with van der Waals surface area (Å²) < 4.78 is 11.9. The molecule has 1 aliphatic heterocycles. The third-order valence-corrected chi connectivity index (χ3v) is 10.8. The van der Waals surface area contributed by atoms with Crippen LogP contribution in [0.4, 0.5) is 0 Å². The molecule has 0 aromatic carbocycles. The molecule has 0 radical (unpaired) electrons. The third kappa shape index (κ3) is 5.33. The Hall–Kier alpha value is -0.536. The van der Waals surface area contributed by atoms with Crippen molar-refractivity contribution >= 4 is 37.3 Å². The fraction of sp³-hybridized carbons (Fsp3) is 0.800. The number of carbonyl (C=O) groups excluding carboxylic acids is 2. The summed E-state index contributed by atoms with van der Waals surface area (Å²) in [6, 6.07) is 0. The van der Waals surface area contributed by atoms with E-state index in [0.717, 1.165) is 17.5 Å².